The third-order valence-corrected chi connectivity index (χ3v) is 0.788. The number of anilines is 1. The van der Waals surface area contributed by atoms with Gasteiger partial charge in [-0.1, -0.05) is 0 Å². The van der Waals surface area contributed by atoms with Crippen LogP contribution in [0.5, 0.6) is 0 Å². The number of nitrogen functional groups attached to an aromatic ring is 1. The summed E-state index contributed by atoms with van der Waals surface area (Å²) >= 11 is 0. The zero-order valence-corrected chi connectivity index (χ0v) is 4.19. The second-order valence-corrected chi connectivity index (χ2v) is 1.45. The molecule has 0 atom stereocenters. The normalized spacial score (nSPS) is 9.62. The van der Waals surface area contributed by atoms with Crippen molar-refractivity contribution in [1.82, 2.24) is 10.2 Å². The highest BCUT2D eigenvalue weighted by molar-refractivity contribution is 5.27. The van der Waals surface area contributed by atoms with Crippen molar-refractivity contribution >= 4 is 5.82 Å². The van der Waals surface area contributed by atoms with Crippen LogP contribution in [0.1, 0.15) is 5.69 Å². The Morgan fingerprint density at radius 2 is 2.62 bits per heavy atom. The van der Waals surface area contributed by atoms with Gasteiger partial charge in [0.2, 0.25) is 0 Å². The largest absolute Gasteiger partial charge is 0.384 e. The van der Waals surface area contributed by atoms with Crippen molar-refractivity contribution in [2.24, 2.45) is 0 Å². The molecule has 1 aromatic rings. The number of alkyl halides is 1. The average molecular weight is 115 g/mol. The summed E-state index contributed by atoms with van der Waals surface area (Å²) in [5, 5.41) is 5.92. The average Bonchev–Trinajstić information content (AvgIpc) is 2.14. The summed E-state index contributed by atoms with van der Waals surface area (Å²) in [5.74, 6) is 0.401. The first kappa shape index (κ1) is 5.08. The van der Waals surface area contributed by atoms with E-state index in [2.05, 4.69) is 10.2 Å². The molecule has 1 rings (SSSR count). The van der Waals surface area contributed by atoms with Gasteiger partial charge >= 0.3 is 0 Å². The van der Waals surface area contributed by atoms with Crippen LogP contribution in [0.4, 0.5) is 10.2 Å². The molecule has 0 aromatic carbocycles. The van der Waals surface area contributed by atoms with Crippen molar-refractivity contribution < 1.29 is 4.39 Å². The maximum atomic E-state index is 11.6. The molecule has 44 valence electrons. The molecule has 0 aliphatic heterocycles. The molecule has 8 heavy (non-hydrogen) atoms. The zero-order valence-electron chi connectivity index (χ0n) is 4.19. The monoisotopic (exact) mass is 115 g/mol. The smallest absolute Gasteiger partial charge is 0.133 e. The van der Waals surface area contributed by atoms with Gasteiger partial charge in [-0.15, -0.1) is 0 Å². The van der Waals surface area contributed by atoms with Crippen molar-refractivity contribution in [1.29, 1.82) is 0 Å². The lowest BCUT2D eigenvalue weighted by molar-refractivity contribution is 0.475. The molecule has 1 heterocycles. The summed E-state index contributed by atoms with van der Waals surface area (Å²) in [6.07, 6.45) is 0. The van der Waals surface area contributed by atoms with Gasteiger partial charge in [0.1, 0.15) is 12.5 Å². The molecule has 0 aliphatic carbocycles. The molecule has 1 aromatic heterocycles. The maximum Gasteiger partial charge on any atom is 0.133 e. The predicted molar refractivity (Wildman–Crippen MR) is 27.8 cm³/mol. The third kappa shape index (κ3) is 0.776. The first-order chi connectivity index (χ1) is 3.83. The Balaban J connectivity index is 2.84. The molecular formula is C4H6FN3. The van der Waals surface area contributed by atoms with Crippen molar-refractivity contribution in [3.63, 3.8) is 0 Å². The van der Waals surface area contributed by atoms with E-state index in [-0.39, 0.29) is 0 Å². The number of aromatic amines is 1. The van der Waals surface area contributed by atoms with Crippen LogP contribution in [-0.4, -0.2) is 10.2 Å². The minimum absolute atomic E-state index is 0.350. The first-order valence-corrected chi connectivity index (χ1v) is 2.18. The maximum absolute atomic E-state index is 11.6. The van der Waals surface area contributed by atoms with Gasteiger partial charge in [0.25, 0.3) is 0 Å². The molecule has 3 nitrogen and oxygen atoms in total. The Hall–Kier alpha value is -1.06. The number of nitrogens with one attached hydrogen (secondary N) is 1. The lowest BCUT2D eigenvalue weighted by Gasteiger charge is -1.74. The van der Waals surface area contributed by atoms with E-state index in [0.717, 1.165) is 0 Å². The highest BCUT2D eigenvalue weighted by Gasteiger charge is 1.93. The Morgan fingerprint density at radius 3 is 2.88 bits per heavy atom. The number of nitrogens with zero attached hydrogens (tertiary/aromatic N) is 1. The Bertz CT molecular complexity index is 172. The van der Waals surface area contributed by atoms with E-state index in [0.29, 0.717) is 11.5 Å². The van der Waals surface area contributed by atoms with E-state index >= 15 is 0 Å². The standard InChI is InChI=1S/C4H6FN3/c5-2-3-1-4(6)8-7-3/h1H,2H2,(H3,6,7,8). The molecule has 4 heteroatoms. The number of rotatable bonds is 1. The lowest BCUT2D eigenvalue weighted by Crippen LogP contribution is -1.81. The summed E-state index contributed by atoms with van der Waals surface area (Å²) in [5.41, 5.74) is 5.52. The number of hydrogen-bond donors (Lipinski definition) is 2. The van der Waals surface area contributed by atoms with E-state index in [4.69, 9.17) is 5.73 Å². The molecule has 0 aliphatic rings. The molecule has 0 fully saturated rings. The van der Waals surface area contributed by atoms with Crippen LogP contribution in [0.3, 0.4) is 0 Å². The number of H-pyrrole nitrogens is 1. The fourth-order valence-corrected chi connectivity index (χ4v) is 0.449. The number of aromatic nitrogens is 2. The Morgan fingerprint density at radius 1 is 1.88 bits per heavy atom. The van der Waals surface area contributed by atoms with Crippen LogP contribution in [0, 0.1) is 0 Å². The predicted octanol–water partition coefficient (Wildman–Crippen LogP) is 0.461. The van der Waals surface area contributed by atoms with Gasteiger partial charge in [-0.25, -0.2) is 4.39 Å². The van der Waals surface area contributed by atoms with Crippen LogP contribution in [0.2, 0.25) is 0 Å². The molecule has 0 amide bonds. The molecule has 3 N–H and O–H groups in total. The molecule has 0 spiro atoms. The minimum atomic E-state index is -0.562. The second-order valence-electron chi connectivity index (χ2n) is 1.45. The molecule has 0 saturated carbocycles. The minimum Gasteiger partial charge on any atom is -0.384 e. The molecule has 0 bridgehead atoms. The molecular weight excluding hydrogens is 109 g/mol. The van der Waals surface area contributed by atoms with Gasteiger partial charge in [0.05, 0.1) is 5.69 Å². The summed E-state index contributed by atoms with van der Waals surface area (Å²) in [6, 6.07) is 1.46. The highest BCUT2D eigenvalue weighted by atomic mass is 19.1. The molecule has 0 saturated heterocycles. The second kappa shape index (κ2) is 1.81. The van der Waals surface area contributed by atoms with E-state index in [1.54, 1.807) is 0 Å². The van der Waals surface area contributed by atoms with E-state index in [1.807, 2.05) is 0 Å². The van der Waals surface area contributed by atoms with Gasteiger partial charge in [0.15, 0.2) is 0 Å². The van der Waals surface area contributed by atoms with Crippen molar-refractivity contribution in [2.75, 3.05) is 5.73 Å². The lowest BCUT2D eigenvalue weighted by atomic mass is 10.5. The number of halogens is 1. The molecule has 0 unspecified atom stereocenters. The van der Waals surface area contributed by atoms with E-state index in [1.165, 1.54) is 6.07 Å². The van der Waals surface area contributed by atoms with Crippen molar-refractivity contribution in [3.8, 4) is 0 Å². The first-order valence-electron chi connectivity index (χ1n) is 2.18. The van der Waals surface area contributed by atoms with Gasteiger partial charge in [0, 0.05) is 6.07 Å². The van der Waals surface area contributed by atoms with Gasteiger partial charge < -0.3 is 5.73 Å². The van der Waals surface area contributed by atoms with Crippen LogP contribution >= 0.6 is 0 Å². The van der Waals surface area contributed by atoms with Crippen LogP contribution in [-0.2, 0) is 6.67 Å². The fraction of sp³-hybridized carbons (Fsp3) is 0.250. The quantitative estimate of drug-likeness (QED) is 0.558. The zero-order chi connectivity index (χ0) is 5.98. The van der Waals surface area contributed by atoms with Gasteiger partial charge in [-0.05, 0) is 0 Å². The van der Waals surface area contributed by atoms with Crippen molar-refractivity contribution in [3.05, 3.63) is 11.8 Å². The Labute approximate surface area is 45.7 Å². The van der Waals surface area contributed by atoms with Crippen LogP contribution < -0.4 is 5.73 Å². The number of hydrogen-bond acceptors (Lipinski definition) is 2. The van der Waals surface area contributed by atoms with E-state index < -0.39 is 6.67 Å². The summed E-state index contributed by atoms with van der Waals surface area (Å²) < 4.78 is 11.6. The third-order valence-electron chi connectivity index (χ3n) is 0.788. The topological polar surface area (TPSA) is 54.7 Å². The summed E-state index contributed by atoms with van der Waals surface area (Å²) in [6.45, 7) is -0.562. The molecule has 0 radical (unpaired) electrons. The summed E-state index contributed by atoms with van der Waals surface area (Å²) in [7, 11) is 0. The van der Waals surface area contributed by atoms with E-state index in [9.17, 15) is 4.39 Å². The Kier molecular flexibility index (Phi) is 1.15. The summed E-state index contributed by atoms with van der Waals surface area (Å²) in [4.78, 5) is 0. The number of nitrogens with two attached hydrogens (primary N) is 1. The fourth-order valence-electron chi connectivity index (χ4n) is 0.449. The highest BCUT2D eigenvalue weighted by Crippen LogP contribution is 2.00. The SMILES string of the molecule is Nc1cc(CF)n[nH]1. The van der Waals surface area contributed by atoms with Gasteiger partial charge in [-0.2, -0.15) is 5.10 Å². The van der Waals surface area contributed by atoms with Crippen LogP contribution in [0.15, 0.2) is 6.07 Å². The van der Waals surface area contributed by atoms with Crippen LogP contribution in [0.25, 0.3) is 0 Å². The van der Waals surface area contributed by atoms with Crippen molar-refractivity contribution in [2.45, 2.75) is 6.67 Å². The van der Waals surface area contributed by atoms with Gasteiger partial charge in [-0.3, -0.25) is 5.10 Å².